The van der Waals surface area contributed by atoms with E-state index in [2.05, 4.69) is 30.6 Å². The lowest BCUT2D eigenvalue weighted by atomic mass is 10.2. The molecule has 0 spiro atoms. The second kappa shape index (κ2) is 6.49. The molecule has 1 aromatic carbocycles. The molecule has 0 aliphatic heterocycles. The molecule has 2 heterocycles. The average molecular weight is 293 g/mol. The van der Waals surface area contributed by atoms with Gasteiger partial charge in [-0.25, -0.2) is 4.98 Å². The van der Waals surface area contributed by atoms with Crippen LogP contribution < -0.4 is 16.4 Å². The number of nitrogens with zero attached hydrogens (tertiary/aromatic N) is 4. The third-order valence-electron chi connectivity index (χ3n) is 2.88. The Hall–Kier alpha value is -3.22. The first-order valence-electron chi connectivity index (χ1n) is 6.75. The summed E-state index contributed by atoms with van der Waals surface area (Å²) in [7, 11) is 0. The summed E-state index contributed by atoms with van der Waals surface area (Å²) >= 11 is 0. The van der Waals surface area contributed by atoms with E-state index in [0.717, 1.165) is 5.56 Å². The largest absolute Gasteiger partial charge is 0.368 e. The minimum atomic E-state index is 0.185. The maximum atomic E-state index is 5.74. The fraction of sp³-hybridized carbons (Fsp3) is 0.0667. The number of aromatic nitrogens is 4. The van der Waals surface area contributed by atoms with Crippen molar-refractivity contribution < 1.29 is 0 Å². The Morgan fingerprint density at radius 3 is 2.55 bits per heavy atom. The molecule has 2 aromatic heterocycles. The monoisotopic (exact) mass is 293 g/mol. The van der Waals surface area contributed by atoms with E-state index in [0.29, 0.717) is 24.0 Å². The number of hydrogen-bond donors (Lipinski definition) is 3. The highest BCUT2D eigenvalue weighted by molar-refractivity contribution is 5.57. The van der Waals surface area contributed by atoms with Gasteiger partial charge in [-0.05, 0) is 5.56 Å². The van der Waals surface area contributed by atoms with Crippen molar-refractivity contribution in [3.05, 3.63) is 60.6 Å². The summed E-state index contributed by atoms with van der Waals surface area (Å²) in [6.07, 6.45) is 4.81. The number of rotatable bonds is 5. The zero-order chi connectivity index (χ0) is 15.2. The highest BCUT2D eigenvalue weighted by atomic mass is 15.1. The second-order valence-electron chi connectivity index (χ2n) is 4.55. The predicted molar refractivity (Wildman–Crippen MR) is 85.5 cm³/mol. The van der Waals surface area contributed by atoms with Crippen molar-refractivity contribution in [1.29, 1.82) is 0 Å². The Balaban J connectivity index is 1.72. The number of anilines is 4. The molecule has 4 N–H and O–H groups in total. The van der Waals surface area contributed by atoms with Gasteiger partial charge in [0.25, 0.3) is 0 Å². The van der Waals surface area contributed by atoms with Gasteiger partial charge in [0.2, 0.25) is 5.95 Å². The van der Waals surface area contributed by atoms with Crippen molar-refractivity contribution in [3.63, 3.8) is 0 Å². The summed E-state index contributed by atoms with van der Waals surface area (Å²) < 4.78 is 0. The molecular weight excluding hydrogens is 278 g/mol. The fourth-order valence-corrected chi connectivity index (χ4v) is 1.90. The molecule has 0 atom stereocenters. The predicted octanol–water partition coefficient (Wildman–Crippen LogP) is 2.20. The van der Waals surface area contributed by atoms with E-state index in [1.54, 1.807) is 24.7 Å². The van der Waals surface area contributed by atoms with Crippen LogP contribution in [0.1, 0.15) is 5.56 Å². The van der Waals surface area contributed by atoms with E-state index >= 15 is 0 Å². The molecule has 3 rings (SSSR count). The average Bonchev–Trinajstić information content (AvgIpc) is 2.54. The quantitative estimate of drug-likeness (QED) is 0.662. The summed E-state index contributed by atoms with van der Waals surface area (Å²) in [6, 6.07) is 11.8. The lowest BCUT2D eigenvalue weighted by molar-refractivity contribution is 1.09. The molecule has 0 fully saturated rings. The van der Waals surface area contributed by atoms with Crippen LogP contribution in [0.4, 0.5) is 23.4 Å². The maximum Gasteiger partial charge on any atom is 0.223 e. The van der Waals surface area contributed by atoms with Gasteiger partial charge < -0.3 is 16.4 Å². The molecule has 0 unspecified atom stereocenters. The fourth-order valence-electron chi connectivity index (χ4n) is 1.90. The number of nitrogens with one attached hydrogen (secondary N) is 2. The van der Waals surface area contributed by atoms with Crippen LogP contribution in [0.2, 0.25) is 0 Å². The topological polar surface area (TPSA) is 102 Å². The van der Waals surface area contributed by atoms with E-state index in [9.17, 15) is 0 Å². The summed E-state index contributed by atoms with van der Waals surface area (Å²) in [6.45, 7) is 0.655. The van der Waals surface area contributed by atoms with Crippen LogP contribution in [-0.2, 0) is 6.54 Å². The van der Waals surface area contributed by atoms with Crippen LogP contribution in [0.15, 0.2) is 55.0 Å². The first-order valence-corrected chi connectivity index (χ1v) is 6.75. The summed E-state index contributed by atoms with van der Waals surface area (Å²) in [4.78, 5) is 16.4. The van der Waals surface area contributed by atoms with Crippen molar-refractivity contribution in [1.82, 2.24) is 19.9 Å². The Morgan fingerprint density at radius 2 is 1.77 bits per heavy atom. The first kappa shape index (κ1) is 13.7. The highest BCUT2D eigenvalue weighted by Crippen LogP contribution is 2.16. The van der Waals surface area contributed by atoms with Crippen LogP contribution in [0, 0.1) is 0 Å². The number of benzene rings is 1. The summed E-state index contributed by atoms with van der Waals surface area (Å²) in [5.74, 6) is 1.98. The standard InChI is InChI=1S/C15H15N7/c16-15-21-12(19-9-11-4-2-1-3-5-11)8-13(22-15)20-14-10-17-6-7-18-14/h1-8,10H,9H2,(H4,16,18,19,20,21,22). The molecule has 0 radical (unpaired) electrons. The van der Waals surface area contributed by atoms with Gasteiger partial charge in [0.05, 0.1) is 6.20 Å². The van der Waals surface area contributed by atoms with Gasteiger partial charge in [0.1, 0.15) is 17.5 Å². The Kier molecular flexibility index (Phi) is 4.05. The lowest BCUT2D eigenvalue weighted by Gasteiger charge is -2.09. The smallest absolute Gasteiger partial charge is 0.223 e. The summed E-state index contributed by atoms with van der Waals surface area (Å²) in [5, 5.41) is 6.26. The molecule has 7 heteroatoms. The van der Waals surface area contributed by atoms with E-state index in [1.165, 1.54) is 0 Å². The number of hydrogen-bond acceptors (Lipinski definition) is 7. The summed E-state index contributed by atoms with van der Waals surface area (Å²) in [5.41, 5.74) is 6.90. The van der Waals surface area contributed by atoms with Gasteiger partial charge in [0, 0.05) is 25.0 Å². The van der Waals surface area contributed by atoms with Crippen LogP contribution in [0.3, 0.4) is 0 Å². The third kappa shape index (κ3) is 3.66. The molecule has 3 aromatic rings. The van der Waals surface area contributed by atoms with Crippen LogP contribution in [0.5, 0.6) is 0 Å². The van der Waals surface area contributed by atoms with Crippen molar-refractivity contribution in [2.24, 2.45) is 0 Å². The van der Waals surface area contributed by atoms with Gasteiger partial charge in [-0.1, -0.05) is 30.3 Å². The Bertz CT molecular complexity index is 731. The molecule has 22 heavy (non-hydrogen) atoms. The van der Waals surface area contributed by atoms with Crippen LogP contribution >= 0.6 is 0 Å². The Labute approximate surface area is 127 Å². The number of nitrogens with two attached hydrogens (primary N) is 1. The van der Waals surface area contributed by atoms with Crippen molar-refractivity contribution in [2.45, 2.75) is 6.54 Å². The zero-order valence-corrected chi connectivity index (χ0v) is 11.8. The van der Waals surface area contributed by atoms with Gasteiger partial charge >= 0.3 is 0 Å². The molecule has 0 amide bonds. The maximum absolute atomic E-state index is 5.74. The van der Waals surface area contributed by atoms with Gasteiger partial charge in [-0.2, -0.15) is 9.97 Å². The van der Waals surface area contributed by atoms with Crippen molar-refractivity contribution in [2.75, 3.05) is 16.4 Å². The minimum absolute atomic E-state index is 0.185. The van der Waals surface area contributed by atoms with Crippen LogP contribution in [0.25, 0.3) is 0 Å². The Morgan fingerprint density at radius 1 is 0.955 bits per heavy atom. The van der Waals surface area contributed by atoms with E-state index < -0.39 is 0 Å². The van der Waals surface area contributed by atoms with Gasteiger partial charge in [-0.3, -0.25) is 4.98 Å². The van der Waals surface area contributed by atoms with Crippen molar-refractivity contribution >= 4 is 23.4 Å². The zero-order valence-electron chi connectivity index (χ0n) is 11.8. The van der Waals surface area contributed by atoms with E-state index in [-0.39, 0.29) is 5.95 Å². The van der Waals surface area contributed by atoms with Crippen LogP contribution in [-0.4, -0.2) is 19.9 Å². The van der Waals surface area contributed by atoms with E-state index in [1.807, 2.05) is 30.3 Å². The molecule has 0 aliphatic carbocycles. The van der Waals surface area contributed by atoms with Gasteiger partial charge in [-0.15, -0.1) is 0 Å². The molecular formula is C15H15N7. The lowest BCUT2D eigenvalue weighted by Crippen LogP contribution is -2.06. The molecule has 0 bridgehead atoms. The minimum Gasteiger partial charge on any atom is -0.368 e. The molecule has 0 saturated carbocycles. The second-order valence-corrected chi connectivity index (χ2v) is 4.55. The normalized spacial score (nSPS) is 10.2. The van der Waals surface area contributed by atoms with Gasteiger partial charge in [0.15, 0.2) is 0 Å². The first-order chi connectivity index (χ1) is 10.8. The molecule has 0 aliphatic rings. The van der Waals surface area contributed by atoms with E-state index in [4.69, 9.17) is 5.73 Å². The third-order valence-corrected chi connectivity index (χ3v) is 2.88. The molecule has 7 nitrogen and oxygen atoms in total. The molecule has 0 saturated heterocycles. The van der Waals surface area contributed by atoms with Crippen molar-refractivity contribution in [3.8, 4) is 0 Å². The molecule has 110 valence electrons. The number of nitrogen functional groups attached to an aromatic ring is 1. The highest BCUT2D eigenvalue weighted by Gasteiger charge is 2.03. The SMILES string of the molecule is Nc1nc(NCc2ccccc2)cc(Nc2cnccn2)n1.